The molecule has 0 radical (unpaired) electrons. The summed E-state index contributed by atoms with van der Waals surface area (Å²) in [4.78, 5) is 6.93. The Morgan fingerprint density at radius 2 is 2.11 bits per heavy atom. The second-order valence-corrected chi connectivity index (χ2v) is 6.00. The highest BCUT2D eigenvalue weighted by atomic mass is 15.4. The van der Waals surface area contributed by atoms with Crippen molar-refractivity contribution < 1.29 is 0 Å². The summed E-state index contributed by atoms with van der Waals surface area (Å²) in [6.45, 7) is 7.76. The van der Waals surface area contributed by atoms with E-state index in [2.05, 4.69) is 39.2 Å². The molecule has 0 unspecified atom stereocenters. The summed E-state index contributed by atoms with van der Waals surface area (Å²) >= 11 is 0. The topological polar surface area (TPSA) is 56.8 Å². The van der Waals surface area contributed by atoms with E-state index >= 15 is 0 Å². The van der Waals surface area contributed by atoms with Gasteiger partial charge in [-0.1, -0.05) is 13.8 Å². The standard InChI is InChI=1S/C14H27N5/c1-11(2)4-5-13-16-14(18-17-13)19-8-6-12(7-9-19)10-15-3/h11-12,15H,4-10H2,1-3H3,(H,16,17,18). The lowest BCUT2D eigenvalue weighted by molar-refractivity contribution is 0.391. The fourth-order valence-electron chi connectivity index (χ4n) is 2.59. The van der Waals surface area contributed by atoms with E-state index in [-0.39, 0.29) is 0 Å². The van der Waals surface area contributed by atoms with Gasteiger partial charge in [0.2, 0.25) is 5.95 Å². The van der Waals surface area contributed by atoms with Crippen LogP contribution in [0.1, 0.15) is 38.9 Å². The molecule has 2 rings (SSSR count). The first kappa shape index (κ1) is 14.3. The van der Waals surface area contributed by atoms with Gasteiger partial charge in [-0.25, -0.2) is 0 Å². The second-order valence-electron chi connectivity index (χ2n) is 6.00. The van der Waals surface area contributed by atoms with Crippen LogP contribution in [-0.2, 0) is 6.42 Å². The van der Waals surface area contributed by atoms with Gasteiger partial charge in [0.25, 0.3) is 0 Å². The van der Waals surface area contributed by atoms with Gasteiger partial charge in [-0.05, 0) is 44.7 Å². The lowest BCUT2D eigenvalue weighted by Gasteiger charge is -2.30. The number of hydrogen-bond acceptors (Lipinski definition) is 4. The Bertz CT molecular complexity index is 366. The maximum Gasteiger partial charge on any atom is 0.244 e. The molecular formula is C14H27N5. The van der Waals surface area contributed by atoms with Crippen LogP contribution in [0.5, 0.6) is 0 Å². The van der Waals surface area contributed by atoms with E-state index in [4.69, 9.17) is 0 Å². The van der Waals surface area contributed by atoms with Crippen molar-refractivity contribution >= 4 is 5.95 Å². The van der Waals surface area contributed by atoms with E-state index in [9.17, 15) is 0 Å². The number of nitrogens with one attached hydrogen (secondary N) is 2. The number of anilines is 1. The number of aryl methyl sites for hydroxylation is 1. The minimum absolute atomic E-state index is 0.714. The Balaban J connectivity index is 1.82. The van der Waals surface area contributed by atoms with E-state index in [0.717, 1.165) is 43.7 Å². The Morgan fingerprint density at radius 3 is 2.74 bits per heavy atom. The average Bonchev–Trinajstić information content (AvgIpc) is 2.86. The summed E-state index contributed by atoms with van der Waals surface area (Å²) in [5, 5.41) is 10.7. The third kappa shape index (κ3) is 4.20. The molecule has 1 aliphatic rings. The largest absolute Gasteiger partial charge is 0.340 e. The van der Waals surface area contributed by atoms with Crippen LogP contribution in [0.4, 0.5) is 5.95 Å². The molecule has 1 saturated heterocycles. The Labute approximate surface area is 116 Å². The Hall–Kier alpha value is -1.10. The zero-order chi connectivity index (χ0) is 13.7. The summed E-state index contributed by atoms with van der Waals surface area (Å²) in [7, 11) is 2.03. The number of hydrogen-bond donors (Lipinski definition) is 2. The Morgan fingerprint density at radius 1 is 1.37 bits per heavy atom. The highest BCUT2D eigenvalue weighted by Crippen LogP contribution is 2.20. The van der Waals surface area contributed by atoms with Crippen LogP contribution in [0, 0.1) is 11.8 Å². The number of piperidine rings is 1. The third-order valence-electron chi connectivity index (χ3n) is 3.87. The maximum absolute atomic E-state index is 4.62. The molecule has 0 bridgehead atoms. The molecule has 0 amide bonds. The van der Waals surface area contributed by atoms with Gasteiger partial charge in [-0.3, -0.25) is 5.10 Å². The number of H-pyrrole nitrogens is 1. The summed E-state index contributed by atoms with van der Waals surface area (Å²) in [6, 6.07) is 0. The number of aromatic amines is 1. The average molecular weight is 265 g/mol. The molecule has 0 aliphatic carbocycles. The molecule has 0 atom stereocenters. The molecule has 5 heteroatoms. The van der Waals surface area contributed by atoms with Crippen molar-refractivity contribution in [3.63, 3.8) is 0 Å². The van der Waals surface area contributed by atoms with Crippen LogP contribution in [0.25, 0.3) is 0 Å². The fraction of sp³-hybridized carbons (Fsp3) is 0.857. The third-order valence-corrected chi connectivity index (χ3v) is 3.87. The van der Waals surface area contributed by atoms with E-state index < -0.39 is 0 Å². The van der Waals surface area contributed by atoms with Crippen molar-refractivity contribution in [3.8, 4) is 0 Å². The normalized spacial score (nSPS) is 17.4. The van der Waals surface area contributed by atoms with Crippen molar-refractivity contribution in [2.24, 2.45) is 11.8 Å². The first-order valence-corrected chi connectivity index (χ1v) is 7.50. The predicted molar refractivity (Wildman–Crippen MR) is 78.4 cm³/mol. The SMILES string of the molecule is CNCC1CCN(c2n[nH]c(CCC(C)C)n2)CC1. The van der Waals surface area contributed by atoms with Crippen LogP contribution in [0.2, 0.25) is 0 Å². The number of rotatable bonds is 6. The van der Waals surface area contributed by atoms with Crippen LogP contribution in [0.15, 0.2) is 0 Å². The van der Waals surface area contributed by atoms with Crippen molar-refractivity contribution in [2.45, 2.75) is 39.5 Å². The maximum atomic E-state index is 4.62. The van der Waals surface area contributed by atoms with Gasteiger partial charge in [-0.2, -0.15) is 4.98 Å². The van der Waals surface area contributed by atoms with Gasteiger partial charge in [0.05, 0.1) is 0 Å². The predicted octanol–water partition coefficient (Wildman–Crippen LogP) is 1.83. The zero-order valence-electron chi connectivity index (χ0n) is 12.4. The van der Waals surface area contributed by atoms with E-state index in [1.165, 1.54) is 19.3 Å². The van der Waals surface area contributed by atoms with Gasteiger partial charge in [0.1, 0.15) is 5.82 Å². The molecular weight excluding hydrogens is 238 g/mol. The summed E-state index contributed by atoms with van der Waals surface area (Å²) in [5.74, 6) is 3.44. The lowest BCUT2D eigenvalue weighted by atomic mass is 9.97. The monoisotopic (exact) mass is 265 g/mol. The summed E-state index contributed by atoms with van der Waals surface area (Å²) in [5.41, 5.74) is 0. The van der Waals surface area contributed by atoms with E-state index in [1.807, 2.05) is 7.05 Å². The van der Waals surface area contributed by atoms with E-state index in [1.54, 1.807) is 0 Å². The van der Waals surface area contributed by atoms with Gasteiger partial charge in [-0.15, -0.1) is 5.10 Å². The smallest absolute Gasteiger partial charge is 0.244 e. The molecule has 1 fully saturated rings. The van der Waals surface area contributed by atoms with Crippen molar-refractivity contribution in [3.05, 3.63) is 5.82 Å². The molecule has 0 saturated carbocycles. The second kappa shape index (κ2) is 6.89. The van der Waals surface area contributed by atoms with Crippen molar-refractivity contribution in [1.82, 2.24) is 20.5 Å². The van der Waals surface area contributed by atoms with Gasteiger partial charge in [0.15, 0.2) is 0 Å². The van der Waals surface area contributed by atoms with Crippen LogP contribution in [0.3, 0.4) is 0 Å². The number of aromatic nitrogens is 3. The molecule has 5 nitrogen and oxygen atoms in total. The highest BCUT2D eigenvalue weighted by Gasteiger charge is 2.21. The number of nitrogens with zero attached hydrogens (tertiary/aromatic N) is 3. The molecule has 0 spiro atoms. The highest BCUT2D eigenvalue weighted by molar-refractivity contribution is 5.29. The molecule has 2 N–H and O–H groups in total. The Kier molecular flexibility index (Phi) is 5.19. The van der Waals surface area contributed by atoms with Crippen LogP contribution < -0.4 is 10.2 Å². The molecule has 1 aromatic heterocycles. The van der Waals surface area contributed by atoms with Gasteiger partial charge < -0.3 is 10.2 Å². The minimum atomic E-state index is 0.714. The molecule has 0 aromatic carbocycles. The first-order chi connectivity index (χ1) is 9.19. The van der Waals surface area contributed by atoms with Crippen molar-refractivity contribution in [1.29, 1.82) is 0 Å². The molecule has 1 aromatic rings. The molecule has 19 heavy (non-hydrogen) atoms. The van der Waals surface area contributed by atoms with E-state index in [0.29, 0.717) is 5.92 Å². The van der Waals surface area contributed by atoms with Crippen LogP contribution in [-0.4, -0.2) is 41.9 Å². The quantitative estimate of drug-likeness (QED) is 0.824. The van der Waals surface area contributed by atoms with Crippen LogP contribution >= 0.6 is 0 Å². The van der Waals surface area contributed by atoms with Crippen molar-refractivity contribution in [2.75, 3.05) is 31.6 Å². The zero-order valence-corrected chi connectivity index (χ0v) is 12.4. The summed E-state index contributed by atoms with van der Waals surface area (Å²) in [6.07, 6.45) is 4.63. The summed E-state index contributed by atoms with van der Waals surface area (Å²) < 4.78 is 0. The molecule has 2 heterocycles. The van der Waals surface area contributed by atoms with Gasteiger partial charge >= 0.3 is 0 Å². The fourth-order valence-corrected chi connectivity index (χ4v) is 2.59. The molecule has 1 aliphatic heterocycles. The minimum Gasteiger partial charge on any atom is -0.340 e. The first-order valence-electron chi connectivity index (χ1n) is 7.50. The molecule has 108 valence electrons. The lowest BCUT2D eigenvalue weighted by Crippen LogP contribution is -2.37. The van der Waals surface area contributed by atoms with Gasteiger partial charge in [0, 0.05) is 19.5 Å².